The summed E-state index contributed by atoms with van der Waals surface area (Å²) in [7, 11) is 0. The van der Waals surface area contributed by atoms with Crippen molar-refractivity contribution < 1.29 is 13.5 Å². The zero-order valence-electron chi connectivity index (χ0n) is 13.5. The molecule has 1 aliphatic carbocycles. The Hall–Kier alpha value is -2.11. The van der Waals surface area contributed by atoms with Crippen LogP contribution in [0.15, 0.2) is 48.5 Å². The van der Waals surface area contributed by atoms with Crippen LogP contribution >= 0.6 is 23.2 Å². The minimum atomic E-state index is -3.74. The van der Waals surface area contributed by atoms with Gasteiger partial charge in [0.1, 0.15) is 11.6 Å². The quantitative estimate of drug-likeness (QED) is 0.490. The molecule has 0 saturated heterocycles. The third kappa shape index (κ3) is 4.00. The van der Waals surface area contributed by atoms with Crippen LogP contribution in [0.2, 0.25) is 5.02 Å². The third-order valence-corrected chi connectivity index (χ3v) is 4.56. The number of fused-ring (bicyclic) bond motifs is 1. The van der Waals surface area contributed by atoms with Crippen LogP contribution in [0.25, 0.3) is 10.9 Å². The lowest BCUT2D eigenvalue weighted by molar-refractivity contribution is -0.0964. The highest BCUT2D eigenvalue weighted by Crippen LogP contribution is 2.41. The molecule has 4 rings (SSSR count). The van der Waals surface area contributed by atoms with E-state index in [2.05, 4.69) is 27.2 Å². The number of halogens is 4. The average Bonchev–Trinajstić information content (AvgIpc) is 3.40. The summed E-state index contributed by atoms with van der Waals surface area (Å²) in [4.78, 5) is 4.56. The molecule has 1 saturated carbocycles. The van der Waals surface area contributed by atoms with Crippen LogP contribution < -0.4 is 10.1 Å². The summed E-state index contributed by atoms with van der Waals surface area (Å²) >= 11 is 11.1. The number of pyridine rings is 1. The second-order valence-electron chi connectivity index (χ2n) is 6.24. The van der Waals surface area contributed by atoms with Crippen LogP contribution in [0.1, 0.15) is 24.3 Å². The molecule has 7 heteroatoms. The molecule has 2 aromatic carbocycles. The molecule has 0 radical (unpaired) electrons. The van der Waals surface area contributed by atoms with E-state index in [0.29, 0.717) is 22.4 Å². The molecule has 3 nitrogen and oxygen atoms in total. The van der Waals surface area contributed by atoms with E-state index in [-0.39, 0.29) is 5.75 Å². The molecular formula is C19H14Cl2F2N2O. The van der Waals surface area contributed by atoms with Gasteiger partial charge in [-0.25, -0.2) is 4.98 Å². The number of anilines is 2. The van der Waals surface area contributed by atoms with E-state index in [1.54, 1.807) is 12.1 Å². The Morgan fingerprint density at radius 2 is 1.81 bits per heavy atom. The zero-order chi connectivity index (χ0) is 18.3. The summed E-state index contributed by atoms with van der Waals surface area (Å²) in [5.74, 6) is 1.12. The van der Waals surface area contributed by atoms with Gasteiger partial charge in [-0.15, -0.1) is 8.78 Å². The number of hydrogen-bond donors (Lipinski definition) is 1. The van der Waals surface area contributed by atoms with Crippen molar-refractivity contribution in [2.24, 2.45) is 0 Å². The van der Waals surface area contributed by atoms with Crippen LogP contribution in [0.3, 0.4) is 0 Å². The molecule has 1 heterocycles. The molecule has 1 aliphatic rings. The van der Waals surface area contributed by atoms with Gasteiger partial charge in [0.2, 0.25) is 0 Å². The number of aromatic nitrogens is 1. The first kappa shape index (κ1) is 17.3. The van der Waals surface area contributed by atoms with Gasteiger partial charge >= 0.3 is 5.57 Å². The normalized spacial score (nSPS) is 14.5. The van der Waals surface area contributed by atoms with Gasteiger partial charge in [0.05, 0.1) is 10.5 Å². The average molecular weight is 395 g/mol. The highest BCUT2D eigenvalue weighted by molar-refractivity contribution is 6.33. The number of benzene rings is 2. The number of nitrogens with one attached hydrogen (secondary N) is 1. The Bertz CT molecular complexity index is 954. The summed E-state index contributed by atoms with van der Waals surface area (Å²) < 4.78 is 29.6. The first-order valence-electron chi connectivity index (χ1n) is 8.10. The van der Waals surface area contributed by atoms with Crippen molar-refractivity contribution in [2.75, 3.05) is 5.32 Å². The number of hydrogen-bond acceptors (Lipinski definition) is 3. The molecule has 1 aromatic heterocycles. The second kappa shape index (κ2) is 6.56. The highest BCUT2D eigenvalue weighted by atomic mass is 35.5. The standard InChI is InChI=1S/C19H14Cl2F2N2O/c20-16-10-13-9-12(11-1-2-11)3-8-17(13)25-18(16)24-14-4-6-15(7-5-14)26-19(21,22)23/h3-11H,1-2H2,(H,24,25). The Balaban J connectivity index is 1.56. The molecule has 134 valence electrons. The Kier molecular flexibility index (Phi) is 4.37. The molecule has 1 fully saturated rings. The lowest BCUT2D eigenvalue weighted by Gasteiger charge is -2.12. The maximum atomic E-state index is 12.6. The van der Waals surface area contributed by atoms with E-state index in [9.17, 15) is 8.78 Å². The van der Waals surface area contributed by atoms with Gasteiger partial charge in [-0.3, -0.25) is 0 Å². The molecule has 0 spiro atoms. The van der Waals surface area contributed by atoms with Gasteiger partial charge in [0, 0.05) is 22.7 Å². The molecule has 3 aromatic rings. The fourth-order valence-electron chi connectivity index (χ4n) is 2.80. The Morgan fingerprint density at radius 3 is 2.46 bits per heavy atom. The smallest absolute Gasteiger partial charge is 0.420 e. The molecule has 0 atom stereocenters. The zero-order valence-corrected chi connectivity index (χ0v) is 15.0. The molecule has 0 unspecified atom stereocenters. The second-order valence-corrected chi connectivity index (χ2v) is 7.09. The molecule has 26 heavy (non-hydrogen) atoms. The van der Waals surface area contributed by atoms with Crippen molar-refractivity contribution in [1.29, 1.82) is 0 Å². The molecule has 0 aliphatic heterocycles. The van der Waals surface area contributed by atoms with Crippen LogP contribution in [0, 0.1) is 0 Å². The number of ether oxygens (including phenoxy) is 1. The van der Waals surface area contributed by atoms with E-state index in [1.807, 2.05) is 12.1 Å². The monoisotopic (exact) mass is 394 g/mol. The summed E-state index contributed by atoms with van der Waals surface area (Å²) in [6, 6.07) is 14.0. The van der Waals surface area contributed by atoms with Crippen molar-refractivity contribution in [3.8, 4) is 5.75 Å². The minimum Gasteiger partial charge on any atom is -0.420 e. The Morgan fingerprint density at radius 1 is 1.08 bits per heavy atom. The SMILES string of the molecule is FC(F)(Cl)Oc1ccc(Nc2nc3ccc(C4CC4)cc3cc2Cl)cc1. The van der Waals surface area contributed by atoms with Crippen LogP contribution in [-0.2, 0) is 0 Å². The summed E-state index contributed by atoms with van der Waals surface area (Å²) in [5.41, 5.74) is -0.943. The van der Waals surface area contributed by atoms with Crippen molar-refractivity contribution in [1.82, 2.24) is 4.98 Å². The largest absolute Gasteiger partial charge is 0.487 e. The van der Waals surface area contributed by atoms with E-state index in [0.717, 1.165) is 10.9 Å². The maximum absolute atomic E-state index is 12.6. The van der Waals surface area contributed by atoms with Crippen LogP contribution in [0.4, 0.5) is 20.3 Å². The highest BCUT2D eigenvalue weighted by Gasteiger charge is 2.27. The first-order valence-corrected chi connectivity index (χ1v) is 8.86. The summed E-state index contributed by atoms with van der Waals surface area (Å²) in [5, 5.41) is 4.57. The summed E-state index contributed by atoms with van der Waals surface area (Å²) in [6.07, 6.45) is 2.48. The number of rotatable bonds is 5. The first-order chi connectivity index (χ1) is 12.4. The molecular weight excluding hydrogens is 381 g/mol. The van der Waals surface area contributed by atoms with E-state index in [1.165, 1.54) is 30.5 Å². The Labute approximate surface area is 158 Å². The van der Waals surface area contributed by atoms with E-state index in [4.69, 9.17) is 23.2 Å². The van der Waals surface area contributed by atoms with Gasteiger partial charge in [-0.05, 0) is 66.8 Å². The molecule has 0 bridgehead atoms. The van der Waals surface area contributed by atoms with Crippen molar-refractivity contribution in [3.63, 3.8) is 0 Å². The lowest BCUT2D eigenvalue weighted by atomic mass is 10.1. The van der Waals surface area contributed by atoms with Gasteiger partial charge in [0.15, 0.2) is 0 Å². The van der Waals surface area contributed by atoms with Crippen molar-refractivity contribution in [3.05, 3.63) is 59.1 Å². The van der Waals surface area contributed by atoms with Crippen molar-refractivity contribution >= 4 is 45.6 Å². The van der Waals surface area contributed by atoms with E-state index < -0.39 is 5.57 Å². The summed E-state index contributed by atoms with van der Waals surface area (Å²) in [6.45, 7) is 0. The molecule has 0 amide bonds. The molecule has 1 N–H and O–H groups in total. The maximum Gasteiger partial charge on any atom is 0.487 e. The third-order valence-electron chi connectivity index (χ3n) is 4.19. The van der Waals surface area contributed by atoms with Gasteiger partial charge in [0.25, 0.3) is 0 Å². The fraction of sp³-hybridized carbons (Fsp3) is 0.211. The van der Waals surface area contributed by atoms with Crippen LogP contribution in [0.5, 0.6) is 5.75 Å². The van der Waals surface area contributed by atoms with Gasteiger partial charge in [-0.1, -0.05) is 17.7 Å². The number of alkyl halides is 3. The van der Waals surface area contributed by atoms with Gasteiger partial charge in [-0.2, -0.15) is 0 Å². The minimum absolute atomic E-state index is 0.0410. The van der Waals surface area contributed by atoms with Crippen molar-refractivity contribution in [2.45, 2.75) is 24.3 Å². The fourth-order valence-corrected chi connectivity index (χ4v) is 3.10. The number of nitrogens with zero attached hydrogens (tertiary/aromatic N) is 1. The van der Waals surface area contributed by atoms with Crippen LogP contribution in [-0.4, -0.2) is 10.6 Å². The lowest BCUT2D eigenvalue weighted by Crippen LogP contribution is -2.15. The van der Waals surface area contributed by atoms with E-state index >= 15 is 0 Å². The predicted octanol–water partition coefficient (Wildman–Crippen LogP) is 6.68. The predicted molar refractivity (Wildman–Crippen MR) is 99.9 cm³/mol. The topological polar surface area (TPSA) is 34.1 Å². The van der Waals surface area contributed by atoms with Gasteiger partial charge < -0.3 is 10.1 Å².